The van der Waals surface area contributed by atoms with Crippen LogP contribution in [-0.2, 0) is 17.9 Å². The predicted octanol–water partition coefficient (Wildman–Crippen LogP) is 0.403. The molecule has 1 aliphatic heterocycles. The van der Waals surface area contributed by atoms with Crippen LogP contribution in [0.2, 0.25) is 0 Å². The van der Waals surface area contributed by atoms with Gasteiger partial charge >= 0.3 is 0 Å². The van der Waals surface area contributed by atoms with Gasteiger partial charge in [0.25, 0.3) is 0 Å². The molecule has 0 saturated carbocycles. The van der Waals surface area contributed by atoms with Gasteiger partial charge in [-0.05, 0) is 18.2 Å². The predicted molar refractivity (Wildman–Crippen MR) is 77.2 cm³/mol. The van der Waals surface area contributed by atoms with Crippen LogP contribution in [0.15, 0.2) is 35.1 Å². The summed E-state index contributed by atoms with van der Waals surface area (Å²) >= 11 is 0. The molecule has 7 nitrogen and oxygen atoms in total. The third-order valence-electron chi connectivity index (χ3n) is 3.64. The van der Waals surface area contributed by atoms with E-state index in [1.165, 1.54) is 0 Å². The number of nitrogen functional groups attached to an aromatic ring is 1. The van der Waals surface area contributed by atoms with Gasteiger partial charge in [-0.1, -0.05) is 0 Å². The molecule has 0 atom stereocenters. The molecule has 1 saturated heterocycles. The van der Waals surface area contributed by atoms with Crippen molar-refractivity contribution in [2.45, 2.75) is 13.1 Å². The second kappa shape index (κ2) is 6.01. The molecule has 0 aromatic carbocycles. The largest absolute Gasteiger partial charge is 0.468 e. The van der Waals surface area contributed by atoms with Gasteiger partial charge in [-0.15, -0.1) is 0 Å². The van der Waals surface area contributed by atoms with Gasteiger partial charge in [0.2, 0.25) is 5.91 Å². The molecule has 0 radical (unpaired) electrons. The topological polar surface area (TPSA) is 80.5 Å². The number of furan rings is 1. The van der Waals surface area contributed by atoms with Crippen LogP contribution in [0.1, 0.15) is 5.76 Å². The number of carbonyl (C=O) groups excluding carboxylic acids is 1. The molecular weight excluding hydrogens is 270 g/mol. The molecule has 3 heterocycles. The first-order chi connectivity index (χ1) is 10.2. The molecule has 0 spiro atoms. The first-order valence-electron chi connectivity index (χ1n) is 7.02. The van der Waals surface area contributed by atoms with Crippen LogP contribution in [0.4, 0.5) is 5.82 Å². The number of aromatic nitrogens is 2. The zero-order valence-electron chi connectivity index (χ0n) is 11.8. The van der Waals surface area contributed by atoms with Gasteiger partial charge in [-0.25, -0.2) is 0 Å². The van der Waals surface area contributed by atoms with Crippen molar-refractivity contribution in [3.63, 3.8) is 0 Å². The van der Waals surface area contributed by atoms with E-state index in [1.54, 1.807) is 23.2 Å². The summed E-state index contributed by atoms with van der Waals surface area (Å²) in [6.07, 6.45) is 3.41. The molecule has 1 fully saturated rings. The third-order valence-corrected chi connectivity index (χ3v) is 3.64. The normalized spacial score (nSPS) is 16.3. The van der Waals surface area contributed by atoms with E-state index in [0.29, 0.717) is 5.82 Å². The lowest BCUT2D eigenvalue weighted by Crippen LogP contribution is -2.49. The van der Waals surface area contributed by atoms with Crippen molar-refractivity contribution in [3.8, 4) is 0 Å². The van der Waals surface area contributed by atoms with Gasteiger partial charge in [0.15, 0.2) is 0 Å². The van der Waals surface area contributed by atoms with Gasteiger partial charge in [-0.3, -0.25) is 14.4 Å². The quantitative estimate of drug-likeness (QED) is 0.881. The smallest absolute Gasteiger partial charge is 0.244 e. The number of hydrogen-bond acceptors (Lipinski definition) is 5. The van der Waals surface area contributed by atoms with E-state index in [4.69, 9.17) is 10.2 Å². The second-order valence-electron chi connectivity index (χ2n) is 5.17. The standard InChI is InChI=1S/C14H19N5O2/c15-13-3-4-19(16-13)11-14(20)18-7-5-17(6-8-18)10-12-2-1-9-21-12/h1-4,9H,5-8,10-11H2,(H2,15,16). The van der Waals surface area contributed by atoms with Gasteiger partial charge in [0, 0.05) is 32.4 Å². The molecule has 21 heavy (non-hydrogen) atoms. The Balaban J connectivity index is 1.47. The van der Waals surface area contributed by atoms with Gasteiger partial charge in [0.1, 0.15) is 18.1 Å². The minimum atomic E-state index is 0.0794. The summed E-state index contributed by atoms with van der Waals surface area (Å²) in [5.41, 5.74) is 5.54. The maximum absolute atomic E-state index is 12.2. The minimum absolute atomic E-state index is 0.0794. The average molecular weight is 289 g/mol. The second-order valence-corrected chi connectivity index (χ2v) is 5.17. The van der Waals surface area contributed by atoms with E-state index >= 15 is 0 Å². The molecule has 0 unspecified atom stereocenters. The van der Waals surface area contributed by atoms with Crippen LogP contribution in [0.5, 0.6) is 0 Å². The summed E-state index contributed by atoms with van der Waals surface area (Å²) in [5.74, 6) is 1.48. The molecule has 1 aliphatic rings. The van der Waals surface area contributed by atoms with E-state index in [0.717, 1.165) is 38.5 Å². The van der Waals surface area contributed by atoms with Crippen LogP contribution < -0.4 is 5.73 Å². The Morgan fingerprint density at radius 3 is 2.71 bits per heavy atom. The van der Waals surface area contributed by atoms with Crippen molar-refractivity contribution in [2.24, 2.45) is 0 Å². The van der Waals surface area contributed by atoms with Crippen molar-refractivity contribution in [1.82, 2.24) is 19.6 Å². The summed E-state index contributed by atoms with van der Waals surface area (Å²) in [4.78, 5) is 16.3. The van der Waals surface area contributed by atoms with Crippen LogP contribution >= 0.6 is 0 Å². The van der Waals surface area contributed by atoms with Crippen LogP contribution in [-0.4, -0.2) is 51.7 Å². The van der Waals surface area contributed by atoms with Crippen molar-refractivity contribution >= 4 is 11.7 Å². The van der Waals surface area contributed by atoms with Crippen LogP contribution in [0, 0.1) is 0 Å². The van der Waals surface area contributed by atoms with E-state index in [9.17, 15) is 4.79 Å². The average Bonchev–Trinajstić information content (AvgIpc) is 3.12. The van der Waals surface area contributed by atoms with Gasteiger partial charge < -0.3 is 15.1 Å². The Hall–Kier alpha value is -2.28. The molecular formula is C14H19N5O2. The lowest BCUT2D eigenvalue weighted by molar-refractivity contribution is -0.133. The number of hydrogen-bond donors (Lipinski definition) is 1. The zero-order chi connectivity index (χ0) is 14.7. The molecule has 2 N–H and O–H groups in total. The molecule has 7 heteroatoms. The summed E-state index contributed by atoms with van der Waals surface area (Å²) in [7, 11) is 0. The Morgan fingerprint density at radius 2 is 2.10 bits per heavy atom. The molecule has 2 aromatic heterocycles. The zero-order valence-corrected chi connectivity index (χ0v) is 11.8. The van der Waals surface area contributed by atoms with Crippen molar-refractivity contribution in [3.05, 3.63) is 36.4 Å². The van der Waals surface area contributed by atoms with E-state index < -0.39 is 0 Å². The van der Waals surface area contributed by atoms with Crippen molar-refractivity contribution in [1.29, 1.82) is 0 Å². The number of amides is 1. The molecule has 0 bridgehead atoms. The number of anilines is 1. The highest BCUT2D eigenvalue weighted by Crippen LogP contribution is 2.09. The Bertz CT molecular complexity index is 584. The van der Waals surface area contributed by atoms with Crippen LogP contribution in [0.25, 0.3) is 0 Å². The Labute approximate surface area is 122 Å². The highest BCUT2D eigenvalue weighted by Gasteiger charge is 2.21. The summed E-state index contributed by atoms with van der Waals surface area (Å²) < 4.78 is 6.92. The maximum atomic E-state index is 12.2. The fraction of sp³-hybridized carbons (Fsp3) is 0.429. The molecule has 1 amide bonds. The number of nitrogens with zero attached hydrogens (tertiary/aromatic N) is 4. The Morgan fingerprint density at radius 1 is 1.29 bits per heavy atom. The number of nitrogens with two attached hydrogens (primary N) is 1. The highest BCUT2D eigenvalue weighted by molar-refractivity contribution is 5.76. The van der Waals surface area contributed by atoms with Gasteiger partial charge in [0.05, 0.1) is 12.8 Å². The number of carbonyl (C=O) groups is 1. The Kier molecular flexibility index (Phi) is 3.92. The van der Waals surface area contributed by atoms with Crippen molar-refractivity contribution in [2.75, 3.05) is 31.9 Å². The maximum Gasteiger partial charge on any atom is 0.244 e. The first kappa shape index (κ1) is 13.7. The van der Waals surface area contributed by atoms with Crippen LogP contribution in [0.3, 0.4) is 0 Å². The first-order valence-corrected chi connectivity index (χ1v) is 7.02. The third kappa shape index (κ3) is 3.43. The van der Waals surface area contributed by atoms with Crippen molar-refractivity contribution < 1.29 is 9.21 Å². The number of piperazine rings is 1. The van der Waals surface area contributed by atoms with Gasteiger partial charge in [-0.2, -0.15) is 5.10 Å². The molecule has 0 aliphatic carbocycles. The molecule has 112 valence electrons. The molecule has 3 rings (SSSR count). The van der Waals surface area contributed by atoms with E-state index in [-0.39, 0.29) is 12.5 Å². The fourth-order valence-electron chi connectivity index (χ4n) is 2.48. The summed E-state index contributed by atoms with van der Waals surface area (Å²) in [5, 5.41) is 4.03. The fourth-order valence-corrected chi connectivity index (χ4v) is 2.48. The van der Waals surface area contributed by atoms with E-state index in [1.807, 2.05) is 17.0 Å². The minimum Gasteiger partial charge on any atom is -0.468 e. The monoisotopic (exact) mass is 289 g/mol. The molecule has 2 aromatic rings. The van der Waals surface area contributed by atoms with E-state index in [2.05, 4.69) is 10.00 Å². The lowest BCUT2D eigenvalue weighted by Gasteiger charge is -2.34. The summed E-state index contributed by atoms with van der Waals surface area (Å²) in [6.45, 7) is 4.22. The summed E-state index contributed by atoms with van der Waals surface area (Å²) in [6, 6.07) is 5.55. The highest BCUT2D eigenvalue weighted by atomic mass is 16.3. The SMILES string of the molecule is Nc1ccn(CC(=O)N2CCN(Cc3ccco3)CC2)n1. The lowest BCUT2D eigenvalue weighted by atomic mass is 10.3. The number of rotatable bonds is 4.